The summed E-state index contributed by atoms with van der Waals surface area (Å²) in [5.74, 6) is 2.65. The number of piperazine rings is 1. The van der Waals surface area contributed by atoms with Crippen molar-refractivity contribution in [2.24, 2.45) is 0 Å². The van der Waals surface area contributed by atoms with Gasteiger partial charge in [0.15, 0.2) is 5.76 Å². The Bertz CT molecular complexity index is 1030. The van der Waals surface area contributed by atoms with Crippen LogP contribution in [-0.2, 0) is 0 Å². The highest BCUT2D eigenvalue weighted by molar-refractivity contribution is 8.19. The van der Waals surface area contributed by atoms with Crippen LogP contribution in [0.4, 0.5) is 0 Å². The predicted octanol–water partition coefficient (Wildman–Crippen LogP) is 4.51. The van der Waals surface area contributed by atoms with Crippen LogP contribution in [0.3, 0.4) is 0 Å². The first kappa shape index (κ1) is 19.6. The molecule has 7 heteroatoms. The Morgan fingerprint density at radius 2 is 1.47 bits per heavy atom. The van der Waals surface area contributed by atoms with E-state index in [0.717, 1.165) is 5.39 Å². The van der Waals surface area contributed by atoms with Crippen LogP contribution in [0.5, 0.6) is 0 Å². The van der Waals surface area contributed by atoms with Crippen molar-refractivity contribution in [3.05, 3.63) is 71.5 Å². The molecule has 2 aromatic carbocycles. The number of hydrogen-bond donors (Lipinski definition) is 0. The Morgan fingerprint density at radius 3 is 2.13 bits per heavy atom. The van der Waals surface area contributed by atoms with Gasteiger partial charge in [0.1, 0.15) is 5.58 Å². The number of nitrogens with zero attached hydrogens (tertiary/aromatic N) is 2. The SMILES string of the molecule is O=C(c1ccc(C2SCCS2)cc1)N1CCN(C(=O)c2cc3ccccc3o2)CC1. The van der Waals surface area contributed by atoms with Crippen molar-refractivity contribution in [2.75, 3.05) is 37.7 Å². The normalized spacial score (nSPS) is 17.6. The lowest BCUT2D eigenvalue weighted by Crippen LogP contribution is -2.50. The van der Waals surface area contributed by atoms with E-state index < -0.39 is 0 Å². The molecule has 1 aromatic heterocycles. The number of fused-ring (bicyclic) bond motifs is 1. The van der Waals surface area contributed by atoms with Crippen molar-refractivity contribution < 1.29 is 14.0 Å². The van der Waals surface area contributed by atoms with Gasteiger partial charge in [0.25, 0.3) is 11.8 Å². The third-order valence-electron chi connectivity index (χ3n) is 5.54. The quantitative estimate of drug-likeness (QED) is 0.602. The molecule has 154 valence electrons. The minimum atomic E-state index is -0.116. The molecular formula is C23H22N2O3S2. The maximum atomic E-state index is 12.9. The Morgan fingerprint density at radius 1 is 0.833 bits per heavy atom. The van der Waals surface area contributed by atoms with E-state index in [4.69, 9.17) is 4.42 Å². The molecule has 0 N–H and O–H groups in total. The zero-order valence-corrected chi connectivity index (χ0v) is 18.1. The fourth-order valence-corrected chi connectivity index (χ4v) is 6.73. The van der Waals surface area contributed by atoms with E-state index in [0.29, 0.717) is 47.7 Å². The second-order valence-corrected chi connectivity index (χ2v) is 10.2. The van der Waals surface area contributed by atoms with E-state index in [1.807, 2.05) is 64.8 Å². The lowest BCUT2D eigenvalue weighted by atomic mass is 10.1. The predicted molar refractivity (Wildman–Crippen MR) is 122 cm³/mol. The highest BCUT2D eigenvalue weighted by Gasteiger charge is 2.27. The molecule has 0 radical (unpaired) electrons. The number of carbonyl (C=O) groups excluding carboxylic acids is 2. The number of para-hydroxylation sites is 1. The Labute approximate surface area is 183 Å². The Kier molecular flexibility index (Phi) is 5.48. The number of carbonyl (C=O) groups is 2. The zero-order valence-electron chi connectivity index (χ0n) is 16.5. The van der Waals surface area contributed by atoms with Gasteiger partial charge < -0.3 is 14.2 Å². The van der Waals surface area contributed by atoms with Crippen LogP contribution in [0.2, 0.25) is 0 Å². The maximum Gasteiger partial charge on any atom is 0.289 e. The summed E-state index contributed by atoms with van der Waals surface area (Å²) < 4.78 is 6.19. The molecule has 0 aliphatic carbocycles. The summed E-state index contributed by atoms with van der Waals surface area (Å²) in [6.45, 7) is 2.08. The van der Waals surface area contributed by atoms with Crippen molar-refractivity contribution in [2.45, 2.75) is 4.58 Å². The summed E-state index contributed by atoms with van der Waals surface area (Å²) in [6.07, 6.45) is 0. The van der Waals surface area contributed by atoms with Crippen molar-refractivity contribution in [3.8, 4) is 0 Å². The monoisotopic (exact) mass is 438 g/mol. The molecule has 2 amide bonds. The average molecular weight is 439 g/mol. The summed E-state index contributed by atoms with van der Waals surface area (Å²) in [6, 6.07) is 17.4. The van der Waals surface area contributed by atoms with Crippen LogP contribution < -0.4 is 0 Å². The van der Waals surface area contributed by atoms with Crippen LogP contribution in [0.1, 0.15) is 31.1 Å². The number of rotatable bonds is 3. The second kappa shape index (κ2) is 8.40. The highest BCUT2D eigenvalue weighted by Crippen LogP contribution is 2.45. The largest absolute Gasteiger partial charge is 0.451 e. The van der Waals surface area contributed by atoms with E-state index in [2.05, 4.69) is 12.1 Å². The smallest absolute Gasteiger partial charge is 0.289 e. The van der Waals surface area contributed by atoms with Gasteiger partial charge in [0.05, 0.1) is 4.58 Å². The summed E-state index contributed by atoms with van der Waals surface area (Å²) in [5, 5.41) is 0.924. The van der Waals surface area contributed by atoms with E-state index in [1.165, 1.54) is 17.1 Å². The van der Waals surface area contributed by atoms with E-state index in [9.17, 15) is 9.59 Å². The van der Waals surface area contributed by atoms with Gasteiger partial charge in [-0.2, -0.15) is 0 Å². The molecule has 2 aliphatic rings. The summed E-state index contributed by atoms with van der Waals surface area (Å²) in [5.41, 5.74) is 2.71. The van der Waals surface area contributed by atoms with Gasteiger partial charge >= 0.3 is 0 Å². The van der Waals surface area contributed by atoms with Crippen LogP contribution in [-0.4, -0.2) is 59.3 Å². The van der Waals surface area contributed by atoms with Gasteiger partial charge in [0, 0.05) is 48.6 Å². The van der Waals surface area contributed by atoms with Crippen LogP contribution in [0.25, 0.3) is 11.0 Å². The number of amides is 2. The first-order valence-electron chi connectivity index (χ1n) is 10.1. The molecule has 3 aromatic rings. The molecule has 0 atom stereocenters. The summed E-state index contributed by atoms with van der Waals surface area (Å²) in [7, 11) is 0. The van der Waals surface area contributed by atoms with Gasteiger partial charge in [-0.3, -0.25) is 9.59 Å². The molecule has 2 saturated heterocycles. The molecular weight excluding hydrogens is 416 g/mol. The Hall–Kier alpha value is -2.38. The molecule has 3 heterocycles. The molecule has 0 unspecified atom stereocenters. The molecule has 0 saturated carbocycles. The Balaban J connectivity index is 1.20. The van der Waals surface area contributed by atoms with Gasteiger partial charge in [-0.05, 0) is 29.8 Å². The number of hydrogen-bond acceptors (Lipinski definition) is 5. The number of thioether (sulfide) groups is 2. The summed E-state index contributed by atoms with van der Waals surface area (Å²) >= 11 is 3.93. The topological polar surface area (TPSA) is 53.8 Å². The lowest BCUT2D eigenvalue weighted by Gasteiger charge is -2.34. The highest BCUT2D eigenvalue weighted by atomic mass is 32.2. The molecule has 0 bridgehead atoms. The first-order chi connectivity index (χ1) is 14.7. The molecule has 5 nitrogen and oxygen atoms in total. The molecule has 2 fully saturated rings. The van der Waals surface area contributed by atoms with Crippen LogP contribution >= 0.6 is 23.5 Å². The van der Waals surface area contributed by atoms with E-state index >= 15 is 0 Å². The zero-order chi connectivity index (χ0) is 20.5. The molecule has 30 heavy (non-hydrogen) atoms. The summed E-state index contributed by atoms with van der Waals surface area (Å²) in [4.78, 5) is 29.3. The van der Waals surface area contributed by atoms with Gasteiger partial charge in [0.2, 0.25) is 0 Å². The standard InChI is InChI=1S/C23H22N2O3S2/c26-21(16-5-7-17(8-6-16)23-29-13-14-30-23)24-9-11-25(12-10-24)22(27)20-15-18-3-1-2-4-19(18)28-20/h1-8,15,23H,9-14H2. The minimum absolute atomic E-state index is 0.0316. The number of benzene rings is 2. The average Bonchev–Trinajstić information content (AvgIpc) is 3.48. The fourth-order valence-electron chi connectivity index (χ4n) is 3.87. The molecule has 0 spiro atoms. The molecule has 5 rings (SSSR count). The number of furan rings is 1. The van der Waals surface area contributed by atoms with Crippen molar-refractivity contribution in [1.29, 1.82) is 0 Å². The fraction of sp³-hybridized carbons (Fsp3) is 0.304. The van der Waals surface area contributed by atoms with Gasteiger partial charge in [-0.15, -0.1) is 23.5 Å². The van der Waals surface area contributed by atoms with E-state index in [1.54, 1.807) is 11.0 Å². The van der Waals surface area contributed by atoms with Gasteiger partial charge in [-0.1, -0.05) is 30.3 Å². The third kappa shape index (κ3) is 3.84. The third-order valence-corrected chi connectivity index (χ3v) is 8.65. The molecule has 2 aliphatic heterocycles. The van der Waals surface area contributed by atoms with Crippen LogP contribution in [0, 0.1) is 0 Å². The van der Waals surface area contributed by atoms with Crippen molar-refractivity contribution >= 4 is 46.3 Å². The maximum absolute atomic E-state index is 12.9. The lowest BCUT2D eigenvalue weighted by molar-refractivity contribution is 0.0519. The van der Waals surface area contributed by atoms with Crippen molar-refractivity contribution in [3.63, 3.8) is 0 Å². The minimum Gasteiger partial charge on any atom is -0.451 e. The first-order valence-corrected chi connectivity index (χ1v) is 12.2. The van der Waals surface area contributed by atoms with Crippen LogP contribution in [0.15, 0.2) is 59.0 Å². The second-order valence-electron chi connectivity index (χ2n) is 7.43. The van der Waals surface area contributed by atoms with Gasteiger partial charge in [-0.25, -0.2) is 0 Å². The van der Waals surface area contributed by atoms with Crippen molar-refractivity contribution in [1.82, 2.24) is 9.80 Å². The van der Waals surface area contributed by atoms with E-state index in [-0.39, 0.29) is 11.8 Å².